The summed E-state index contributed by atoms with van der Waals surface area (Å²) in [4.78, 5) is 19.6. The van der Waals surface area contributed by atoms with Gasteiger partial charge in [-0.1, -0.05) is 24.6 Å². The Morgan fingerprint density at radius 1 is 1.38 bits per heavy atom. The van der Waals surface area contributed by atoms with Crippen molar-refractivity contribution in [3.8, 4) is 0 Å². The predicted molar refractivity (Wildman–Crippen MR) is 67.2 cm³/mol. The summed E-state index contributed by atoms with van der Waals surface area (Å²) in [6.45, 7) is 5.69. The maximum Gasteiger partial charge on any atom is 0.340 e. The summed E-state index contributed by atoms with van der Waals surface area (Å²) >= 11 is 0. The Morgan fingerprint density at radius 2 is 2.00 bits per heavy atom. The molecule has 1 rings (SSSR count). The molecule has 1 N–H and O–H groups in total. The first kappa shape index (κ1) is 13.3. The molecule has 0 aliphatic carbocycles. The van der Waals surface area contributed by atoms with Crippen molar-refractivity contribution in [1.29, 1.82) is 0 Å². The second kappa shape index (κ2) is 5.54. The summed E-state index contributed by atoms with van der Waals surface area (Å²) in [5, 5.41) is 9.64. The Morgan fingerprint density at radius 3 is 2.44 bits per heavy atom. The fraction of sp³-hybridized carbons (Fsp3) is 0.500. The highest BCUT2D eigenvalue weighted by atomic mass is 33.1. The van der Waals surface area contributed by atoms with E-state index in [4.69, 9.17) is 5.11 Å². The largest absolute Gasteiger partial charge is 0.478 e. The van der Waals surface area contributed by atoms with E-state index in [0.29, 0.717) is 16.5 Å². The molecular weight excluding hydrogens is 244 g/mol. The van der Waals surface area contributed by atoms with Gasteiger partial charge in [0.2, 0.25) is 0 Å². The van der Waals surface area contributed by atoms with E-state index in [1.807, 2.05) is 20.1 Å². The second-order valence-corrected chi connectivity index (χ2v) is 5.94. The molecule has 0 aliphatic heterocycles. The van der Waals surface area contributed by atoms with Crippen molar-refractivity contribution in [3.05, 3.63) is 17.1 Å². The van der Waals surface area contributed by atoms with E-state index < -0.39 is 5.97 Å². The van der Waals surface area contributed by atoms with E-state index in [0.717, 1.165) is 0 Å². The zero-order chi connectivity index (χ0) is 12.3. The predicted octanol–water partition coefficient (Wildman–Crippen LogP) is 2.98. The van der Waals surface area contributed by atoms with Crippen molar-refractivity contribution in [3.63, 3.8) is 0 Å². The molecular formula is C10H14N2O2S2. The van der Waals surface area contributed by atoms with Crippen LogP contribution in [0.3, 0.4) is 0 Å². The minimum atomic E-state index is -0.968. The molecule has 4 nitrogen and oxygen atoms in total. The van der Waals surface area contributed by atoms with Crippen molar-refractivity contribution in [1.82, 2.24) is 9.97 Å². The lowest BCUT2D eigenvalue weighted by molar-refractivity contribution is 0.0690. The molecule has 0 fully saturated rings. The lowest BCUT2D eigenvalue weighted by Gasteiger charge is -2.10. The smallest absolute Gasteiger partial charge is 0.340 e. The van der Waals surface area contributed by atoms with Crippen LogP contribution in [0.5, 0.6) is 0 Å². The number of aromatic carboxylic acids is 1. The topological polar surface area (TPSA) is 63.1 Å². The lowest BCUT2D eigenvalue weighted by Crippen LogP contribution is -2.10. The van der Waals surface area contributed by atoms with Gasteiger partial charge in [0.1, 0.15) is 16.4 Å². The zero-order valence-corrected chi connectivity index (χ0v) is 11.3. The first-order valence-corrected chi connectivity index (χ1v) is 7.35. The fourth-order valence-corrected chi connectivity index (χ4v) is 2.65. The monoisotopic (exact) mass is 258 g/mol. The molecule has 0 saturated carbocycles. The summed E-state index contributed by atoms with van der Waals surface area (Å²) in [6, 6.07) is 0. The molecule has 1 aromatic rings. The summed E-state index contributed by atoms with van der Waals surface area (Å²) in [7, 11) is 2.84. The van der Waals surface area contributed by atoms with Gasteiger partial charge in [0.25, 0.3) is 0 Å². The van der Waals surface area contributed by atoms with E-state index in [-0.39, 0.29) is 11.5 Å². The van der Waals surface area contributed by atoms with E-state index >= 15 is 0 Å². The minimum Gasteiger partial charge on any atom is -0.478 e. The number of carboxylic acid groups (broad SMARTS) is 1. The third-order valence-corrected chi connectivity index (χ3v) is 3.56. The van der Waals surface area contributed by atoms with Crippen LogP contribution in [0.25, 0.3) is 0 Å². The molecule has 0 bridgehead atoms. The zero-order valence-electron chi connectivity index (χ0n) is 9.64. The first-order chi connectivity index (χ1) is 7.47. The van der Waals surface area contributed by atoms with Gasteiger partial charge in [-0.15, -0.1) is 0 Å². The minimum absolute atomic E-state index is 0.197. The Hall–Kier alpha value is -0.750. The summed E-state index contributed by atoms with van der Waals surface area (Å²) < 4.78 is 0. The molecule has 16 heavy (non-hydrogen) atoms. The molecule has 1 aromatic heterocycles. The van der Waals surface area contributed by atoms with Crippen LogP contribution in [-0.4, -0.2) is 27.3 Å². The number of carbonyl (C=O) groups is 1. The number of nitrogens with zero attached hydrogens (tertiary/aromatic N) is 2. The Balaban J connectivity index is 3.33. The molecule has 0 aliphatic rings. The fourth-order valence-electron chi connectivity index (χ4n) is 1.21. The third kappa shape index (κ3) is 2.89. The van der Waals surface area contributed by atoms with Gasteiger partial charge in [-0.05, 0) is 24.0 Å². The van der Waals surface area contributed by atoms with Crippen molar-refractivity contribution in [2.24, 2.45) is 0 Å². The molecule has 1 heterocycles. The first-order valence-electron chi connectivity index (χ1n) is 4.79. The van der Waals surface area contributed by atoms with Crippen LogP contribution in [0.15, 0.2) is 5.03 Å². The van der Waals surface area contributed by atoms with Crippen molar-refractivity contribution in [2.75, 3.05) is 6.26 Å². The van der Waals surface area contributed by atoms with Gasteiger partial charge in [0, 0.05) is 5.92 Å². The number of carboxylic acids is 1. The quantitative estimate of drug-likeness (QED) is 0.661. The molecule has 0 unspecified atom stereocenters. The van der Waals surface area contributed by atoms with Gasteiger partial charge in [-0.3, -0.25) is 0 Å². The Kier molecular flexibility index (Phi) is 4.61. The molecule has 88 valence electrons. The van der Waals surface area contributed by atoms with E-state index in [9.17, 15) is 4.79 Å². The van der Waals surface area contributed by atoms with E-state index in [2.05, 4.69) is 9.97 Å². The van der Waals surface area contributed by atoms with Gasteiger partial charge >= 0.3 is 5.97 Å². The SMILES string of the molecule is CSSc1nc(C(C)C)nc(C)c1C(=O)O. The average Bonchev–Trinajstić information content (AvgIpc) is 2.16. The number of aromatic nitrogens is 2. The molecule has 0 radical (unpaired) electrons. The molecule has 0 atom stereocenters. The van der Waals surface area contributed by atoms with Gasteiger partial charge in [0.15, 0.2) is 0 Å². The maximum atomic E-state index is 11.1. The van der Waals surface area contributed by atoms with E-state index in [1.165, 1.54) is 21.6 Å². The Labute approximate surface area is 103 Å². The highest BCUT2D eigenvalue weighted by Crippen LogP contribution is 2.31. The van der Waals surface area contributed by atoms with Crippen molar-refractivity contribution >= 4 is 27.6 Å². The summed E-state index contributed by atoms with van der Waals surface area (Å²) in [5.41, 5.74) is 0.742. The van der Waals surface area contributed by atoms with Gasteiger partial charge < -0.3 is 5.11 Å². The molecule has 0 aromatic carbocycles. The normalized spacial score (nSPS) is 10.8. The van der Waals surface area contributed by atoms with Crippen LogP contribution in [0.2, 0.25) is 0 Å². The van der Waals surface area contributed by atoms with E-state index in [1.54, 1.807) is 6.92 Å². The number of rotatable bonds is 4. The standard InChI is InChI=1S/C10H14N2O2S2/c1-5(2)8-11-6(3)7(10(13)14)9(12-8)16-15-4/h5H,1-4H3,(H,13,14). The number of hydrogen-bond donors (Lipinski definition) is 1. The average molecular weight is 258 g/mol. The van der Waals surface area contributed by atoms with Crippen molar-refractivity contribution < 1.29 is 9.90 Å². The highest BCUT2D eigenvalue weighted by molar-refractivity contribution is 8.76. The van der Waals surface area contributed by atoms with Crippen LogP contribution in [0, 0.1) is 6.92 Å². The van der Waals surface area contributed by atoms with Crippen LogP contribution in [-0.2, 0) is 0 Å². The molecule has 0 spiro atoms. The lowest BCUT2D eigenvalue weighted by atomic mass is 10.2. The van der Waals surface area contributed by atoms with Gasteiger partial charge in [-0.25, -0.2) is 14.8 Å². The second-order valence-electron chi connectivity index (χ2n) is 3.56. The van der Waals surface area contributed by atoms with Crippen LogP contribution in [0.4, 0.5) is 0 Å². The summed E-state index contributed by atoms with van der Waals surface area (Å²) in [6.07, 6.45) is 1.89. The van der Waals surface area contributed by atoms with Crippen molar-refractivity contribution in [2.45, 2.75) is 31.7 Å². The number of aryl methyl sites for hydroxylation is 1. The molecule has 0 amide bonds. The molecule has 0 saturated heterocycles. The Bertz CT molecular complexity index is 408. The van der Waals surface area contributed by atoms with Gasteiger partial charge in [-0.2, -0.15) is 0 Å². The van der Waals surface area contributed by atoms with Crippen LogP contribution >= 0.6 is 21.6 Å². The molecule has 6 heteroatoms. The summed E-state index contributed by atoms with van der Waals surface area (Å²) in [5.74, 6) is -0.0776. The third-order valence-electron chi connectivity index (χ3n) is 1.97. The maximum absolute atomic E-state index is 11.1. The van der Waals surface area contributed by atoms with Crippen LogP contribution in [0.1, 0.15) is 41.6 Å². The van der Waals surface area contributed by atoms with Gasteiger partial charge in [0.05, 0.1) is 5.69 Å². The highest BCUT2D eigenvalue weighted by Gasteiger charge is 2.19. The number of hydrogen-bond acceptors (Lipinski definition) is 5. The van der Waals surface area contributed by atoms with Crippen LogP contribution < -0.4 is 0 Å².